The summed E-state index contributed by atoms with van der Waals surface area (Å²) in [5, 5.41) is 20.6. The summed E-state index contributed by atoms with van der Waals surface area (Å²) in [6.07, 6.45) is 2.28. The van der Waals surface area contributed by atoms with E-state index in [-0.39, 0.29) is 31.2 Å². The third-order valence-corrected chi connectivity index (χ3v) is 5.41. The van der Waals surface area contributed by atoms with E-state index in [0.29, 0.717) is 22.3 Å². The molecule has 2 aliphatic carbocycles. The van der Waals surface area contributed by atoms with Crippen molar-refractivity contribution in [2.75, 3.05) is 0 Å². The van der Waals surface area contributed by atoms with Crippen LogP contribution in [0.1, 0.15) is 52.0 Å². The van der Waals surface area contributed by atoms with Crippen molar-refractivity contribution >= 4 is 33.5 Å². The smallest absolute Gasteiger partial charge is 0.105 e. The van der Waals surface area contributed by atoms with E-state index in [9.17, 15) is 10.2 Å². The van der Waals surface area contributed by atoms with Crippen LogP contribution in [0.3, 0.4) is 0 Å². The van der Waals surface area contributed by atoms with Gasteiger partial charge in [-0.05, 0) is 52.6 Å². The van der Waals surface area contributed by atoms with Gasteiger partial charge in [-0.2, -0.15) is 11.4 Å². The second-order valence-electron chi connectivity index (χ2n) is 7.08. The standard InChI is InChI=1S/C14H12N2O2.C9H10.CH3.2ClH.Ru/c15-11-5-9-10(6-12(11)16)14(18)8-4-2-1-3-7(8)13(9)17;1-2-5-9-7-3-6-8(9)4-1;;;;/h1-6,13-18H;1-2,4-5H,3,6-7H2;1H3;2*1H;/q-2;;-1;;;+4/p-1. The van der Waals surface area contributed by atoms with Crippen molar-refractivity contribution in [2.45, 2.75) is 31.5 Å². The third-order valence-electron chi connectivity index (χ3n) is 5.41. The second kappa shape index (κ2) is 12.4. The Morgan fingerprint density at radius 3 is 1.45 bits per heavy atom. The van der Waals surface area contributed by atoms with Crippen molar-refractivity contribution in [2.24, 2.45) is 0 Å². The maximum atomic E-state index is 10.3. The van der Waals surface area contributed by atoms with Gasteiger partial charge in [-0.1, -0.05) is 60.7 Å². The first-order valence-corrected chi connectivity index (χ1v) is 11.6. The van der Waals surface area contributed by atoms with Crippen molar-refractivity contribution < 1.29 is 27.5 Å². The van der Waals surface area contributed by atoms with Crippen LogP contribution in [0.25, 0.3) is 11.5 Å². The Kier molecular flexibility index (Phi) is 11.0. The van der Waals surface area contributed by atoms with E-state index < -0.39 is 12.2 Å². The molecule has 2 unspecified atom stereocenters. The van der Waals surface area contributed by atoms with Gasteiger partial charge in [0.2, 0.25) is 0 Å². The van der Waals surface area contributed by atoms with Crippen molar-refractivity contribution in [3.05, 3.63) is 113 Å². The molecule has 2 atom stereocenters. The van der Waals surface area contributed by atoms with Crippen LogP contribution in [-0.4, -0.2) is 10.2 Å². The Bertz CT molecular complexity index is 924. The molecular formula is C24H26Cl2N2O2Ru. The molecule has 0 saturated heterocycles. The fourth-order valence-electron chi connectivity index (χ4n) is 3.97. The Hall–Kier alpha value is -1.62. The predicted molar refractivity (Wildman–Crippen MR) is 127 cm³/mol. The Labute approximate surface area is 204 Å². The molecule has 0 radical (unpaired) electrons. The van der Waals surface area contributed by atoms with Crippen LogP contribution in [0.15, 0.2) is 60.7 Å². The van der Waals surface area contributed by atoms with E-state index in [4.69, 9.17) is 11.5 Å². The molecule has 0 saturated carbocycles. The molecule has 0 fully saturated rings. The topological polar surface area (TPSA) is 88.1 Å². The van der Waals surface area contributed by atoms with Gasteiger partial charge in [0, 0.05) is 0 Å². The summed E-state index contributed by atoms with van der Waals surface area (Å²) in [6.45, 7) is 0. The minimum atomic E-state index is -0.843. The van der Waals surface area contributed by atoms with Crippen molar-refractivity contribution in [1.29, 1.82) is 0 Å². The predicted octanol–water partition coefficient (Wildman–Crippen LogP) is 7.27. The molecule has 0 bridgehead atoms. The fraction of sp³-hybridized carbons (Fsp3) is 0.208. The molecule has 3 aromatic rings. The maximum Gasteiger partial charge on any atom is 0.105 e. The van der Waals surface area contributed by atoms with Crippen molar-refractivity contribution in [3.63, 3.8) is 0 Å². The molecule has 0 aliphatic heterocycles. The molecule has 7 heteroatoms. The zero-order valence-electron chi connectivity index (χ0n) is 17.1. The average Bonchev–Trinajstić information content (AvgIpc) is 3.24. The van der Waals surface area contributed by atoms with Crippen LogP contribution in [0.2, 0.25) is 0 Å². The van der Waals surface area contributed by atoms with E-state index >= 15 is 0 Å². The summed E-state index contributed by atoms with van der Waals surface area (Å²) >= 11 is 1.82. The number of hydrogen-bond acceptors (Lipinski definition) is 2. The number of aliphatic hydroxyl groups excluding tert-OH is 2. The summed E-state index contributed by atoms with van der Waals surface area (Å²) in [5.74, 6) is 0. The molecule has 4 N–H and O–H groups in total. The number of benzene rings is 3. The van der Waals surface area contributed by atoms with Gasteiger partial charge in [-0.25, -0.2) is 0 Å². The quantitative estimate of drug-likeness (QED) is 0.230. The van der Waals surface area contributed by atoms with E-state index in [0.717, 1.165) is 0 Å². The van der Waals surface area contributed by atoms with E-state index in [1.165, 1.54) is 31.4 Å². The minimum Gasteiger partial charge on any atom is -0.700 e. The van der Waals surface area contributed by atoms with Crippen LogP contribution in [-0.2, 0) is 30.2 Å². The molecule has 31 heavy (non-hydrogen) atoms. The zero-order chi connectivity index (χ0) is 21.0. The summed E-state index contributed by atoms with van der Waals surface area (Å²) in [7, 11) is 4.57. The zero-order valence-corrected chi connectivity index (χ0v) is 20.4. The van der Waals surface area contributed by atoms with Crippen LogP contribution in [0.4, 0.5) is 11.4 Å². The number of aliphatic hydroxyl groups is 2. The number of aryl methyl sites for hydroxylation is 2. The van der Waals surface area contributed by atoms with Gasteiger partial charge in [-0.3, -0.25) is 0 Å². The van der Waals surface area contributed by atoms with E-state index in [1.54, 1.807) is 35.4 Å². The first kappa shape index (κ1) is 27.4. The molecule has 5 rings (SSSR count). The Morgan fingerprint density at radius 2 is 1.06 bits per heavy atom. The molecule has 3 aromatic carbocycles. The SMILES string of the molecule is Cl.[CH3-].[Cl][Ru+3].[NH-]c1cc2c(cc1[NH-])C(O)c1ccccc1C2O.c1ccc2c(c1)CCC2. The monoisotopic (exact) mass is 546 g/mol. The first-order chi connectivity index (χ1) is 14.1. The number of hydrogen-bond donors (Lipinski definition) is 2. The molecule has 2 aliphatic rings. The van der Waals surface area contributed by atoms with Gasteiger partial charge in [0.05, 0.1) is 0 Å². The van der Waals surface area contributed by atoms with Gasteiger partial charge >= 0.3 is 27.0 Å². The Balaban J connectivity index is 0.000000314. The average molecular weight is 546 g/mol. The van der Waals surface area contributed by atoms with Gasteiger partial charge in [-0.15, -0.1) is 12.4 Å². The van der Waals surface area contributed by atoms with Crippen molar-refractivity contribution in [3.8, 4) is 0 Å². The molecule has 0 amide bonds. The fourth-order valence-corrected chi connectivity index (χ4v) is 3.97. The van der Waals surface area contributed by atoms with Crippen LogP contribution in [0.5, 0.6) is 0 Å². The molecule has 0 spiro atoms. The van der Waals surface area contributed by atoms with Gasteiger partial charge in [0.1, 0.15) is 12.2 Å². The summed E-state index contributed by atoms with van der Waals surface area (Å²) in [4.78, 5) is 0. The summed E-state index contributed by atoms with van der Waals surface area (Å²) < 4.78 is 0. The Morgan fingerprint density at radius 1 is 0.710 bits per heavy atom. The molecule has 166 valence electrons. The van der Waals surface area contributed by atoms with Crippen LogP contribution in [0, 0.1) is 7.43 Å². The number of rotatable bonds is 0. The molecule has 4 nitrogen and oxygen atoms in total. The second-order valence-corrected chi connectivity index (χ2v) is 7.08. The maximum absolute atomic E-state index is 10.3. The summed E-state index contributed by atoms with van der Waals surface area (Å²) in [6, 6.07) is 18.8. The number of nitrogens with one attached hydrogen (secondary N) is 2. The number of halogens is 2. The van der Waals surface area contributed by atoms with Crippen LogP contribution < -0.4 is 0 Å². The third kappa shape index (κ3) is 5.80. The van der Waals surface area contributed by atoms with E-state index in [2.05, 4.69) is 34.0 Å². The van der Waals surface area contributed by atoms with Gasteiger partial charge < -0.3 is 29.1 Å². The minimum absolute atomic E-state index is 0. The van der Waals surface area contributed by atoms with Crippen molar-refractivity contribution in [1.82, 2.24) is 0 Å². The number of fused-ring (bicyclic) bond motifs is 3. The molecular weight excluding hydrogens is 520 g/mol. The first-order valence-electron chi connectivity index (χ1n) is 9.32. The van der Waals surface area contributed by atoms with Crippen LogP contribution >= 0.6 is 22.1 Å². The summed E-state index contributed by atoms with van der Waals surface area (Å²) in [5.41, 5.74) is 20.8. The molecule has 0 heterocycles. The normalized spacial score (nSPS) is 17.0. The van der Waals surface area contributed by atoms with Gasteiger partial charge in [0.25, 0.3) is 0 Å². The largest absolute Gasteiger partial charge is 0.700 e. The van der Waals surface area contributed by atoms with Gasteiger partial charge in [0.15, 0.2) is 0 Å². The van der Waals surface area contributed by atoms with E-state index in [1.807, 2.05) is 17.3 Å². The molecule has 0 aromatic heterocycles.